The number of phenolic OH excluding ortho intramolecular Hbond substituents is 1. The minimum Gasteiger partial charge on any atom is -0.507 e. The molecule has 3 aromatic rings. The van der Waals surface area contributed by atoms with E-state index in [4.69, 9.17) is 10.5 Å². The van der Waals surface area contributed by atoms with Gasteiger partial charge in [-0.15, -0.1) is 0 Å². The molecule has 0 saturated carbocycles. The van der Waals surface area contributed by atoms with Crippen molar-refractivity contribution in [2.24, 2.45) is 5.73 Å². The number of nitrogens with two attached hydrogens (primary N) is 1. The molecule has 0 unspecified atom stereocenters. The Morgan fingerprint density at radius 1 is 0.909 bits per heavy atom. The third kappa shape index (κ3) is 6.90. The smallest absolute Gasteiger partial charge is 0.328 e. The number of methoxy groups -OCH3 is 1. The number of carbonyl (C=O) groups excluding carboxylic acids is 2. The molecule has 5 N–H and O–H groups in total. The quantitative estimate of drug-likeness (QED) is 0.356. The van der Waals surface area contributed by atoms with Crippen molar-refractivity contribution in [3.05, 3.63) is 101 Å². The lowest BCUT2D eigenvalue weighted by Gasteiger charge is -2.17. The normalized spacial score (nSPS) is 11.6. The summed E-state index contributed by atoms with van der Waals surface area (Å²) in [5.41, 5.74) is 9.63. The van der Waals surface area contributed by atoms with E-state index >= 15 is 0 Å². The van der Waals surface area contributed by atoms with Crippen molar-refractivity contribution >= 4 is 11.9 Å². The van der Waals surface area contributed by atoms with E-state index in [1.54, 1.807) is 18.2 Å². The summed E-state index contributed by atoms with van der Waals surface area (Å²) in [4.78, 5) is 24.9. The number of ether oxygens (including phenoxy) is 1. The lowest BCUT2D eigenvalue weighted by Crippen LogP contribution is -2.43. The van der Waals surface area contributed by atoms with Crippen molar-refractivity contribution in [2.75, 3.05) is 7.11 Å². The Bertz CT molecular complexity index is 1070. The molecule has 0 aromatic heterocycles. The van der Waals surface area contributed by atoms with Gasteiger partial charge in [-0.3, -0.25) is 4.79 Å². The van der Waals surface area contributed by atoms with E-state index in [-0.39, 0.29) is 17.7 Å². The Hall–Kier alpha value is -3.68. The molecular formula is C26H29N3O4. The number of amides is 1. The highest BCUT2D eigenvalue weighted by atomic mass is 16.5. The van der Waals surface area contributed by atoms with Crippen LogP contribution in [-0.2, 0) is 35.6 Å². The van der Waals surface area contributed by atoms with Gasteiger partial charge in [0.25, 0.3) is 5.91 Å². The van der Waals surface area contributed by atoms with Crippen LogP contribution >= 0.6 is 0 Å². The molecule has 0 saturated heterocycles. The maximum atomic E-state index is 12.7. The van der Waals surface area contributed by atoms with Crippen molar-refractivity contribution in [2.45, 2.75) is 32.1 Å². The van der Waals surface area contributed by atoms with Crippen molar-refractivity contribution in [1.29, 1.82) is 0 Å². The van der Waals surface area contributed by atoms with Crippen LogP contribution in [0, 0.1) is 0 Å². The fourth-order valence-corrected chi connectivity index (χ4v) is 3.44. The molecule has 0 aliphatic heterocycles. The van der Waals surface area contributed by atoms with E-state index in [2.05, 4.69) is 10.6 Å². The van der Waals surface area contributed by atoms with Crippen LogP contribution < -0.4 is 16.4 Å². The molecule has 0 spiro atoms. The third-order valence-electron chi connectivity index (χ3n) is 5.30. The molecule has 0 aliphatic carbocycles. The van der Waals surface area contributed by atoms with Gasteiger partial charge < -0.3 is 26.2 Å². The Labute approximate surface area is 193 Å². The molecule has 0 bridgehead atoms. The SMILES string of the molecule is COC(=O)[C@H](Cc1ccccc1)NC(=O)c1ccc(CNCc2ccc(CN)cc2)cc1O. The van der Waals surface area contributed by atoms with Gasteiger partial charge in [-0.2, -0.15) is 0 Å². The van der Waals surface area contributed by atoms with Crippen molar-refractivity contribution in [3.63, 3.8) is 0 Å². The summed E-state index contributed by atoms with van der Waals surface area (Å²) in [6, 6.07) is 21.4. The number of phenols is 1. The van der Waals surface area contributed by atoms with Crippen LogP contribution in [0.15, 0.2) is 72.8 Å². The molecule has 33 heavy (non-hydrogen) atoms. The predicted molar refractivity (Wildman–Crippen MR) is 126 cm³/mol. The second-order valence-corrected chi connectivity index (χ2v) is 7.71. The molecular weight excluding hydrogens is 418 g/mol. The van der Waals surface area contributed by atoms with Gasteiger partial charge in [-0.05, 0) is 34.4 Å². The van der Waals surface area contributed by atoms with Crippen LogP contribution in [-0.4, -0.2) is 30.1 Å². The first-order valence-electron chi connectivity index (χ1n) is 10.7. The van der Waals surface area contributed by atoms with Gasteiger partial charge in [0.15, 0.2) is 0 Å². The van der Waals surface area contributed by atoms with E-state index in [1.165, 1.54) is 7.11 Å². The molecule has 172 valence electrons. The summed E-state index contributed by atoms with van der Waals surface area (Å²) in [6.07, 6.45) is 0.286. The Morgan fingerprint density at radius 3 is 2.18 bits per heavy atom. The number of hydrogen-bond acceptors (Lipinski definition) is 6. The van der Waals surface area contributed by atoms with E-state index in [9.17, 15) is 14.7 Å². The third-order valence-corrected chi connectivity index (χ3v) is 5.30. The summed E-state index contributed by atoms with van der Waals surface area (Å²) in [5, 5.41) is 16.4. The monoisotopic (exact) mass is 447 g/mol. The van der Waals surface area contributed by atoms with Gasteiger partial charge in [0, 0.05) is 26.1 Å². The predicted octanol–water partition coefficient (Wildman–Crippen LogP) is 2.65. The van der Waals surface area contributed by atoms with Crippen LogP contribution in [0.4, 0.5) is 0 Å². The first-order valence-corrected chi connectivity index (χ1v) is 10.7. The summed E-state index contributed by atoms with van der Waals surface area (Å²) in [5.74, 6) is -1.24. The van der Waals surface area contributed by atoms with Crippen LogP contribution in [0.3, 0.4) is 0 Å². The van der Waals surface area contributed by atoms with Crippen LogP contribution in [0.1, 0.15) is 32.6 Å². The number of carbonyl (C=O) groups is 2. The number of benzene rings is 3. The molecule has 3 aromatic carbocycles. The average Bonchev–Trinajstić information content (AvgIpc) is 2.84. The highest BCUT2D eigenvalue weighted by Crippen LogP contribution is 2.19. The molecule has 1 atom stereocenters. The number of esters is 1. The fraction of sp³-hybridized carbons (Fsp3) is 0.231. The van der Waals surface area contributed by atoms with E-state index in [0.717, 1.165) is 22.3 Å². The zero-order valence-electron chi connectivity index (χ0n) is 18.6. The van der Waals surface area contributed by atoms with Gasteiger partial charge >= 0.3 is 5.97 Å². The minimum atomic E-state index is -0.865. The molecule has 0 heterocycles. The minimum absolute atomic E-state index is 0.0955. The largest absolute Gasteiger partial charge is 0.507 e. The summed E-state index contributed by atoms with van der Waals surface area (Å²) in [6.45, 7) is 1.70. The van der Waals surface area contributed by atoms with Crippen LogP contribution in [0.5, 0.6) is 5.75 Å². The fourth-order valence-electron chi connectivity index (χ4n) is 3.44. The van der Waals surface area contributed by atoms with Gasteiger partial charge in [-0.25, -0.2) is 4.79 Å². The molecule has 1 amide bonds. The second kappa shape index (κ2) is 11.8. The lowest BCUT2D eigenvalue weighted by molar-refractivity contribution is -0.142. The maximum absolute atomic E-state index is 12.7. The maximum Gasteiger partial charge on any atom is 0.328 e. The van der Waals surface area contributed by atoms with Crippen molar-refractivity contribution < 1.29 is 19.4 Å². The number of rotatable bonds is 10. The zero-order chi connectivity index (χ0) is 23.6. The van der Waals surface area contributed by atoms with Gasteiger partial charge in [0.1, 0.15) is 11.8 Å². The standard InChI is InChI=1S/C26H29N3O4/c1-33-26(32)23(13-18-5-3-2-4-6-18)29-25(31)22-12-11-21(14-24(22)30)17-28-16-20-9-7-19(15-27)8-10-20/h2-12,14,23,28,30H,13,15-17,27H2,1H3,(H,29,31)/t23-/m0/s1. The van der Waals surface area contributed by atoms with E-state index in [1.807, 2.05) is 54.6 Å². The average molecular weight is 448 g/mol. The van der Waals surface area contributed by atoms with Crippen molar-refractivity contribution in [1.82, 2.24) is 10.6 Å². The van der Waals surface area contributed by atoms with Gasteiger partial charge in [0.2, 0.25) is 0 Å². The summed E-state index contributed by atoms with van der Waals surface area (Å²) < 4.78 is 4.83. The molecule has 0 radical (unpaired) electrons. The van der Waals surface area contributed by atoms with E-state index < -0.39 is 17.9 Å². The van der Waals surface area contributed by atoms with E-state index in [0.29, 0.717) is 19.6 Å². The van der Waals surface area contributed by atoms with Crippen molar-refractivity contribution in [3.8, 4) is 5.75 Å². The Morgan fingerprint density at radius 2 is 1.55 bits per heavy atom. The number of nitrogens with one attached hydrogen (secondary N) is 2. The second-order valence-electron chi connectivity index (χ2n) is 7.71. The molecule has 0 aliphatic rings. The Kier molecular flexibility index (Phi) is 8.57. The van der Waals surface area contributed by atoms with Crippen LogP contribution in [0.2, 0.25) is 0 Å². The molecule has 3 rings (SSSR count). The molecule has 0 fully saturated rings. The topological polar surface area (TPSA) is 114 Å². The Balaban J connectivity index is 1.60. The summed E-state index contributed by atoms with van der Waals surface area (Å²) in [7, 11) is 1.28. The highest BCUT2D eigenvalue weighted by Gasteiger charge is 2.24. The molecule has 7 nitrogen and oxygen atoms in total. The first-order chi connectivity index (χ1) is 16.0. The molecule has 7 heteroatoms. The van der Waals surface area contributed by atoms with Gasteiger partial charge in [-0.1, -0.05) is 60.7 Å². The number of aromatic hydroxyl groups is 1. The lowest BCUT2D eigenvalue weighted by atomic mass is 10.0. The van der Waals surface area contributed by atoms with Gasteiger partial charge in [0.05, 0.1) is 12.7 Å². The first kappa shape index (κ1) is 24.0. The zero-order valence-corrected chi connectivity index (χ0v) is 18.6. The number of hydrogen-bond donors (Lipinski definition) is 4. The van der Waals surface area contributed by atoms with Crippen LogP contribution in [0.25, 0.3) is 0 Å². The highest BCUT2D eigenvalue weighted by molar-refractivity contribution is 5.99. The summed E-state index contributed by atoms with van der Waals surface area (Å²) >= 11 is 0.